The fourth-order valence-electron chi connectivity index (χ4n) is 3.51. The minimum Gasteiger partial charge on any atom is -0.457 e. The topological polar surface area (TPSA) is 68.3 Å². The number of oxazole rings is 1. The van der Waals surface area contributed by atoms with E-state index in [2.05, 4.69) is 10.3 Å². The Morgan fingerprint density at radius 2 is 1.76 bits per heavy atom. The smallest absolute Gasteiger partial charge is 0.244 e. The zero-order valence-electron chi connectivity index (χ0n) is 18.4. The molecule has 0 unspecified atom stereocenters. The highest BCUT2D eigenvalue weighted by atomic mass is 35.5. The Kier molecular flexibility index (Phi) is 6.02. The summed E-state index contributed by atoms with van der Waals surface area (Å²) in [5, 5.41) is 3.57. The lowest BCUT2D eigenvalue weighted by Gasteiger charge is -2.03. The molecule has 2 heterocycles. The third-order valence-electron chi connectivity index (χ3n) is 5.44. The van der Waals surface area contributed by atoms with Crippen molar-refractivity contribution < 1.29 is 13.6 Å². The van der Waals surface area contributed by atoms with Gasteiger partial charge in [0, 0.05) is 28.8 Å². The summed E-state index contributed by atoms with van der Waals surface area (Å²) in [7, 11) is 0. The molecule has 0 aliphatic rings. The molecule has 0 fully saturated rings. The second kappa shape index (κ2) is 9.41. The number of fused-ring (bicyclic) bond motifs is 1. The Hall–Kier alpha value is -4.09. The van der Waals surface area contributed by atoms with Crippen LogP contribution in [0, 0.1) is 6.92 Å². The van der Waals surface area contributed by atoms with Gasteiger partial charge < -0.3 is 14.2 Å². The van der Waals surface area contributed by atoms with Crippen molar-refractivity contribution in [3.05, 3.63) is 107 Å². The molecule has 0 spiro atoms. The molecule has 34 heavy (non-hydrogen) atoms. The predicted octanol–water partition coefficient (Wildman–Crippen LogP) is 7.05. The van der Waals surface area contributed by atoms with Gasteiger partial charge in [-0.05, 0) is 66.6 Å². The predicted molar refractivity (Wildman–Crippen MR) is 134 cm³/mol. The Balaban J connectivity index is 1.18. The third kappa shape index (κ3) is 4.80. The van der Waals surface area contributed by atoms with Gasteiger partial charge >= 0.3 is 0 Å². The van der Waals surface area contributed by atoms with Crippen LogP contribution in [-0.2, 0) is 11.3 Å². The maximum Gasteiger partial charge on any atom is 0.244 e. The van der Waals surface area contributed by atoms with E-state index in [0.29, 0.717) is 29.0 Å². The fourth-order valence-corrected chi connectivity index (χ4v) is 3.69. The van der Waals surface area contributed by atoms with E-state index in [4.69, 9.17) is 20.4 Å². The second-order valence-corrected chi connectivity index (χ2v) is 8.31. The van der Waals surface area contributed by atoms with Crippen LogP contribution < -0.4 is 5.32 Å². The van der Waals surface area contributed by atoms with Crippen molar-refractivity contribution >= 4 is 34.7 Å². The number of benzene rings is 3. The molecule has 0 aliphatic carbocycles. The summed E-state index contributed by atoms with van der Waals surface area (Å²) in [6, 6.07) is 24.9. The minimum absolute atomic E-state index is 0.209. The first-order valence-electron chi connectivity index (χ1n) is 10.8. The average Bonchev–Trinajstić information content (AvgIpc) is 3.51. The average molecular weight is 469 g/mol. The van der Waals surface area contributed by atoms with E-state index in [-0.39, 0.29) is 5.91 Å². The molecule has 0 radical (unpaired) electrons. The monoisotopic (exact) mass is 468 g/mol. The zero-order chi connectivity index (χ0) is 23.5. The first-order chi connectivity index (χ1) is 16.5. The molecular formula is C28H21ClN2O3. The van der Waals surface area contributed by atoms with Gasteiger partial charge in [0.2, 0.25) is 11.8 Å². The van der Waals surface area contributed by atoms with Crippen molar-refractivity contribution in [2.45, 2.75) is 13.5 Å². The lowest BCUT2D eigenvalue weighted by molar-refractivity contribution is -0.116. The summed E-state index contributed by atoms with van der Waals surface area (Å²) < 4.78 is 11.6. The second-order valence-electron chi connectivity index (χ2n) is 7.90. The van der Waals surface area contributed by atoms with Gasteiger partial charge in [0.1, 0.15) is 17.0 Å². The van der Waals surface area contributed by atoms with Crippen LogP contribution in [0.15, 0.2) is 93.8 Å². The van der Waals surface area contributed by atoms with E-state index in [1.165, 1.54) is 6.08 Å². The molecule has 5 aromatic rings. The van der Waals surface area contributed by atoms with Crippen LogP contribution in [0.5, 0.6) is 0 Å². The van der Waals surface area contributed by atoms with Gasteiger partial charge in [-0.25, -0.2) is 4.98 Å². The normalized spacial score (nSPS) is 11.4. The molecule has 1 amide bonds. The first kappa shape index (κ1) is 21.7. The van der Waals surface area contributed by atoms with Crippen LogP contribution in [-0.4, -0.2) is 10.9 Å². The van der Waals surface area contributed by atoms with Gasteiger partial charge in [0.05, 0.1) is 0 Å². The number of carbonyl (C=O) groups excluding carboxylic acids is 1. The molecular weight excluding hydrogens is 448 g/mol. The van der Waals surface area contributed by atoms with Gasteiger partial charge in [0.15, 0.2) is 5.58 Å². The van der Waals surface area contributed by atoms with Gasteiger partial charge in [-0.15, -0.1) is 0 Å². The standard InChI is InChI=1S/C28H21ClN2O3/c1-18-6-9-21(16-23(18)29)25-14-12-22(33-25)13-15-27(32)30-17-19-7-10-20(11-8-19)28-31-24-4-2-3-5-26(24)34-28/h2-16H,17H2,1H3,(H,30,32)/b15-13+. The van der Waals surface area contributed by atoms with Gasteiger partial charge in [0.25, 0.3) is 0 Å². The van der Waals surface area contributed by atoms with E-state index >= 15 is 0 Å². The lowest BCUT2D eigenvalue weighted by Crippen LogP contribution is -2.20. The summed E-state index contributed by atoms with van der Waals surface area (Å²) >= 11 is 6.20. The molecule has 6 heteroatoms. The largest absolute Gasteiger partial charge is 0.457 e. The van der Waals surface area contributed by atoms with Gasteiger partial charge in [-0.3, -0.25) is 4.79 Å². The number of furan rings is 1. The highest BCUT2D eigenvalue weighted by Crippen LogP contribution is 2.27. The SMILES string of the molecule is Cc1ccc(-c2ccc(/C=C/C(=O)NCc3ccc(-c4nc5ccccc5o4)cc3)o2)cc1Cl. The Morgan fingerprint density at radius 3 is 2.56 bits per heavy atom. The molecule has 0 saturated carbocycles. The van der Waals surface area contributed by atoms with Crippen LogP contribution in [0.4, 0.5) is 0 Å². The van der Waals surface area contributed by atoms with Crippen LogP contribution in [0.25, 0.3) is 40.0 Å². The Morgan fingerprint density at radius 1 is 0.971 bits per heavy atom. The van der Waals surface area contributed by atoms with Crippen molar-refractivity contribution in [2.24, 2.45) is 0 Å². The molecule has 0 bridgehead atoms. The number of amides is 1. The van der Waals surface area contributed by atoms with E-state index < -0.39 is 0 Å². The van der Waals surface area contributed by atoms with E-state index in [1.54, 1.807) is 6.08 Å². The van der Waals surface area contributed by atoms with Crippen molar-refractivity contribution in [1.82, 2.24) is 10.3 Å². The Bertz CT molecular complexity index is 1460. The molecule has 0 aliphatic heterocycles. The number of hydrogen-bond acceptors (Lipinski definition) is 4. The highest BCUT2D eigenvalue weighted by Gasteiger charge is 2.08. The number of halogens is 1. The number of para-hydroxylation sites is 2. The number of aryl methyl sites for hydroxylation is 1. The molecule has 3 aromatic carbocycles. The third-order valence-corrected chi connectivity index (χ3v) is 5.85. The van der Waals surface area contributed by atoms with Gasteiger partial charge in [-0.1, -0.05) is 48.0 Å². The number of nitrogens with one attached hydrogen (secondary N) is 1. The maximum atomic E-state index is 12.3. The maximum absolute atomic E-state index is 12.3. The van der Waals surface area contributed by atoms with Crippen molar-refractivity contribution in [3.8, 4) is 22.8 Å². The van der Waals surface area contributed by atoms with E-state index in [1.807, 2.05) is 85.8 Å². The quantitative estimate of drug-likeness (QED) is 0.271. The number of rotatable bonds is 6. The Labute approximate surface area is 201 Å². The molecule has 0 saturated heterocycles. The zero-order valence-corrected chi connectivity index (χ0v) is 19.2. The summed E-state index contributed by atoms with van der Waals surface area (Å²) in [5.41, 5.74) is 5.34. The van der Waals surface area contributed by atoms with Crippen molar-refractivity contribution in [1.29, 1.82) is 0 Å². The van der Waals surface area contributed by atoms with Gasteiger partial charge in [-0.2, -0.15) is 0 Å². The lowest BCUT2D eigenvalue weighted by atomic mass is 10.1. The summed E-state index contributed by atoms with van der Waals surface area (Å²) in [6.45, 7) is 2.36. The van der Waals surface area contributed by atoms with Crippen LogP contribution in [0.1, 0.15) is 16.9 Å². The molecule has 1 N–H and O–H groups in total. The molecule has 0 atom stereocenters. The highest BCUT2D eigenvalue weighted by molar-refractivity contribution is 6.31. The first-order valence-corrected chi connectivity index (χ1v) is 11.2. The van der Waals surface area contributed by atoms with Crippen molar-refractivity contribution in [3.63, 3.8) is 0 Å². The van der Waals surface area contributed by atoms with E-state index in [0.717, 1.165) is 33.4 Å². The summed E-state index contributed by atoms with van der Waals surface area (Å²) in [6.07, 6.45) is 3.10. The number of hydrogen-bond donors (Lipinski definition) is 1. The minimum atomic E-state index is -0.209. The molecule has 168 valence electrons. The summed E-state index contributed by atoms with van der Waals surface area (Å²) in [4.78, 5) is 16.8. The van der Waals surface area contributed by atoms with Crippen LogP contribution in [0.3, 0.4) is 0 Å². The summed E-state index contributed by atoms with van der Waals surface area (Å²) in [5.74, 6) is 1.65. The molecule has 5 rings (SSSR count). The molecule has 2 aromatic heterocycles. The van der Waals surface area contributed by atoms with Crippen molar-refractivity contribution in [2.75, 3.05) is 0 Å². The van der Waals surface area contributed by atoms with Crippen LogP contribution >= 0.6 is 11.6 Å². The molecule has 5 nitrogen and oxygen atoms in total. The van der Waals surface area contributed by atoms with E-state index in [9.17, 15) is 4.79 Å². The van der Waals surface area contributed by atoms with Crippen LogP contribution in [0.2, 0.25) is 5.02 Å². The number of nitrogens with zero attached hydrogens (tertiary/aromatic N) is 1. The number of aromatic nitrogens is 1. The fraction of sp³-hybridized carbons (Fsp3) is 0.0714. The number of carbonyl (C=O) groups is 1.